The number of alkyl halides is 3. The predicted molar refractivity (Wildman–Crippen MR) is 64.2 cm³/mol. The molecule has 5 nitrogen and oxygen atoms in total. The summed E-state index contributed by atoms with van der Waals surface area (Å²) in [5, 5.41) is 0. The molecule has 0 N–H and O–H groups in total. The Balaban J connectivity index is 2.00. The predicted octanol–water partition coefficient (Wildman–Crippen LogP) is 0.356. The van der Waals surface area contributed by atoms with Gasteiger partial charge >= 0.3 is 6.18 Å². The van der Waals surface area contributed by atoms with Crippen molar-refractivity contribution in [2.45, 2.75) is 6.18 Å². The summed E-state index contributed by atoms with van der Waals surface area (Å²) in [6, 6.07) is 0. The van der Waals surface area contributed by atoms with Gasteiger partial charge in [-0.25, -0.2) is 0 Å². The van der Waals surface area contributed by atoms with Gasteiger partial charge < -0.3 is 14.4 Å². The van der Waals surface area contributed by atoms with Gasteiger partial charge in [-0.05, 0) is 0 Å². The molecule has 0 saturated carbocycles. The van der Waals surface area contributed by atoms with Crippen LogP contribution >= 0.6 is 0 Å². The maximum Gasteiger partial charge on any atom is 0.401 e. The first-order valence-corrected chi connectivity index (χ1v) is 6.72. The molecule has 2 saturated heterocycles. The molecule has 0 spiro atoms. The van der Waals surface area contributed by atoms with Crippen LogP contribution in [0.15, 0.2) is 0 Å². The van der Waals surface area contributed by atoms with Gasteiger partial charge in [-0.2, -0.15) is 13.2 Å². The van der Waals surface area contributed by atoms with E-state index >= 15 is 0 Å². The minimum absolute atomic E-state index is 0.231. The number of hydrogen-bond donors (Lipinski definition) is 0. The summed E-state index contributed by atoms with van der Waals surface area (Å²) in [5.41, 5.74) is 0. The van der Waals surface area contributed by atoms with Gasteiger partial charge in [-0.15, -0.1) is 0 Å². The van der Waals surface area contributed by atoms with Crippen LogP contribution in [-0.4, -0.2) is 81.0 Å². The summed E-state index contributed by atoms with van der Waals surface area (Å²) in [4.78, 5) is 15.0. The molecule has 20 heavy (non-hydrogen) atoms. The van der Waals surface area contributed by atoms with Crippen molar-refractivity contribution in [3.05, 3.63) is 0 Å². The van der Waals surface area contributed by atoms with E-state index < -0.39 is 18.0 Å². The standard InChI is InChI=1S/C12H19F3N2O3/c13-12(14,15)10(9-16-1-5-19-6-2-16)11(18)17-3-7-20-8-4-17/h10H,1-9H2. The molecule has 0 aromatic rings. The monoisotopic (exact) mass is 296 g/mol. The largest absolute Gasteiger partial charge is 0.401 e. The van der Waals surface area contributed by atoms with Gasteiger partial charge in [0.15, 0.2) is 0 Å². The number of carbonyl (C=O) groups excluding carboxylic acids is 1. The second kappa shape index (κ2) is 6.73. The molecule has 1 unspecified atom stereocenters. The third-order valence-corrected chi connectivity index (χ3v) is 3.56. The van der Waals surface area contributed by atoms with Crippen LogP contribution in [0.3, 0.4) is 0 Å². The normalized spacial score (nSPS) is 23.6. The Hall–Kier alpha value is -0.860. The summed E-state index contributed by atoms with van der Waals surface area (Å²) in [7, 11) is 0. The maximum absolute atomic E-state index is 13.1. The van der Waals surface area contributed by atoms with Gasteiger partial charge in [-0.3, -0.25) is 9.69 Å². The minimum atomic E-state index is -4.52. The van der Waals surface area contributed by atoms with Crippen LogP contribution in [0.5, 0.6) is 0 Å². The highest BCUT2D eigenvalue weighted by Crippen LogP contribution is 2.29. The molecule has 0 aromatic heterocycles. The van der Waals surface area contributed by atoms with Crippen molar-refractivity contribution in [3.8, 4) is 0 Å². The lowest BCUT2D eigenvalue weighted by molar-refractivity contribution is -0.195. The molecular weight excluding hydrogens is 277 g/mol. The minimum Gasteiger partial charge on any atom is -0.379 e. The molecule has 8 heteroatoms. The van der Waals surface area contributed by atoms with E-state index in [1.165, 1.54) is 4.90 Å². The summed E-state index contributed by atoms with van der Waals surface area (Å²) in [5.74, 6) is -2.80. The molecule has 0 radical (unpaired) electrons. The summed E-state index contributed by atoms with van der Waals surface area (Å²) in [6.07, 6.45) is -4.52. The van der Waals surface area contributed by atoms with Crippen molar-refractivity contribution < 1.29 is 27.4 Å². The van der Waals surface area contributed by atoms with Gasteiger partial charge in [0.2, 0.25) is 5.91 Å². The SMILES string of the molecule is O=C(C(CN1CCOCC1)C(F)(F)F)N1CCOCC1. The molecule has 2 fully saturated rings. The smallest absolute Gasteiger partial charge is 0.379 e. The molecule has 2 rings (SSSR count). The maximum atomic E-state index is 13.1. The highest BCUT2D eigenvalue weighted by molar-refractivity contribution is 5.80. The fraction of sp³-hybridized carbons (Fsp3) is 0.917. The van der Waals surface area contributed by atoms with Crippen LogP contribution in [0.4, 0.5) is 13.2 Å². The molecule has 0 aromatic carbocycles. The third-order valence-electron chi connectivity index (χ3n) is 3.56. The quantitative estimate of drug-likeness (QED) is 0.754. The summed E-state index contributed by atoms with van der Waals surface area (Å²) in [6.45, 7) is 2.46. The molecule has 116 valence electrons. The second-order valence-corrected chi connectivity index (χ2v) is 4.94. The van der Waals surface area contributed by atoms with E-state index in [4.69, 9.17) is 9.47 Å². The lowest BCUT2D eigenvalue weighted by atomic mass is 10.1. The number of hydrogen-bond acceptors (Lipinski definition) is 4. The van der Waals surface area contributed by atoms with E-state index in [9.17, 15) is 18.0 Å². The second-order valence-electron chi connectivity index (χ2n) is 4.94. The topological polar surface area (TPSA) is 42.0 Å². The average molecular weight is 296 g/mol. The lowest BCUT2D eigenvalue weighted by Gasteiger charge is -2.34. The average Bonchev–Trinajstić information content (AvgIpc) is 2.45. The van der Waals surface area contributed by atoms with Crippen LogP contribution in [-0.2, 0) is 14.3 Å². The Morgan fingerprint density at radius 2 is 1.50 bits per heavy atom. The fourth-order valence-electron chi connectivity index (χ4n) is 2.37. The highest BCUT2D eigenvalue weighted by Gasteiger charge is 2.47. The summed E-state index contributed by atoms with van der Waals surface area (Å²) < 4.78 is 49.6. The van der Waals surface area contributed by atoms with E-state index in [1.54, 1.807) is 4.90 Å². The van der Waals surface area contributed by atoms with E-state index in [0.29, 0.717) is 39.5 Å². The van der Waals surface area contributed by atoms with Crippen molar-refractivity contribution in [2.75, 3.05) is 59.2 Å². The Kier molecular flexibility index (Phi) is 5.22. The Labute approximate surface area is 115 Å². The zero-order valence-corrected chi connectivity index (χ0v) is 11.2. The van der Waals surface area contributed by atoms with Crippen molar-refractivity contribution in [1.29, 1.82) is 0 Å². The molecule has 2 aliphatic rings. The first kappa shape index (κ1) is 15.5. The number of ether oxygens (including phenoxy) is 2. The molecule has 1 amide bonds. The van der Waals surface area contributed by atoms with E-state index in [2.05, 4.69) is 0 Å². The van der Waals surface area contributed by atoms with Crippen LogP contribution in [0, 0.1) is 5.92 Å². The number of morpholine rings is 2. The molecule has 1 atom stereocenters. The van der Waals surface area contributed by atoms with Gasteiger partial charge in [-0.1, -0.05) is 0 Å². The highest BCUT2D eigenvalue weighted by atomic mass is 19.4. The molecular formula is C12H19F3N2O3. The zero-order chi connectivity index (χ0) is 14.6. The van der Waals surface area contributed by atoms with Crippen molar-refractivity contribution >= 4 is 5.91 Å². The third kappa shape index (κ3) is 4.07. The van der Waals surface area contributed by atoms with E-state index in [0.717, 1.165) is 0 Å². The number of rotatable bonds is 3. The lowest BCUT2D eigenvalue weighted by Crippen LogP contribution is -2.52. The molecule has 2 heterocycles. The van der Waals surface area contributed by atoms with Gasteiger partial charge in [0, 0.05) is 32.7 Å². The van der Waals surface area contributed by atoms with Gasteiger partial charge in [0.1, 0.15) is 5.92 Å². The van der Waals surface area contributed by atoms with Crippen LogP contribution in [0.25, 0.3) is 0 Å². The zero-order valence-electron chi connectivity index (χ0n) is 11.2. The Morgan fingerprint density at radius 3 is 2.00 bits per heavy atom. The van der Waals surface area contributed by atoms with Crippen LogP contribution in [0.2, 0.25) is 0 Å². The first-order valence-electron chi connectivity index (χ1n) is 6.72. The first-order chi connectivity index (χ1) is 9.48. The molecule has 0 aliphatic carbocycles. The number of nitrogens with zero attached hydrogens (tertiary/aromatic N) is 2. The number of halogens is 3. The van der Waals surface area contributed by atoms with Crippen molar-refractivity contribution in [1.82, 2.24) is 9.80 Å². The molecule has 0 bridgehead atoms. The molecule has 2 aliphatic heterocycles. The van der Waals surface area contributed by atoms with Crippen LogP contribution < -0.4 is 0 Å². The van der Waals surface area contributed by atoms with Gasteiger partial charge in [0.05, 0.1) is 26.4 Å². The van der Waals surface area contributed by atoms with Crippen molar-refractivity contribution in [2.24, 2.45) is 5.92 Å². The van der Waals surface area contributed by atoms with E-state index in [1.807, 2.05) is 0 Å². The van der Waals surface area contributed by atoms with Crippen molar-refractivity contribution in [3.63, 3.8) is 0 Å². The fourth-order valence-corrected chi connectivity index (χ4v) is 2.37. The summed E-state index contributed by atoms with van der Waals surface area (Å²) >= 11 is 0. The number of amides is 1. The Bertz CT molecular complexity index is 326. The van der Waals surface area contributed by atoms with Crippen LogP contribution in [0.1, 0.15) is 0 Å². The number of carbonyl (C=O) groups is 1. The van der Waals surface area contributed by atoms with Gasteiger partial charge in [0.25, 0.3) is 0 Å². The Morgan fingerprint density at radius 1 is 1.00 bits per heavy atom. The van der Waals surface area contributed by atoms with E-state index in [-0.39, 0.29) is 19.6 Å².